The molecule has 2 amide bonds. The van der Waals surface area contributed by atoms with E-state index in [9.17, 15) is 17.8 Å². The molecule has 0 radical (unpaired) electrons. The smallest absolute Gasteiger partial charge is 0.337 e. The Balaban J connectivity index is 3.16. The van der Waals surface area contributed by atoms with E-state index in [0.717, 1.165) is 12.8 Å². The molecule has 142 valence electrons. The molecule has 1 aromatic rings. The lowest BCUT2D eigenvalue weighted by atomic mass is 10.3. The Kier molecular flexibility index (Phi) is 8.58. The van der Waals surface area contributed by atoms with Gasteiger partial charge < -0.3 is 14.4 Å². The summed E-state index contributed by atoms with van der Waals surface area (Å²) < 4.78 is 50.4. The zero-order chi connectivity index (χ0) is 18.9. The van der Waals surface area contributed by atoms with Crippen LogP contribution in [0, 0.1) is 0 Å². The lowest BCUT2D eigenvalue weighted by Gasteiger charge is -2.20. The Morgan fingerprint density at radius 3 is 2.28 bits per heavy atom. The zero-order valence-electron chi connectivity index (χ0n) is 14.6. The third-order valence-electron chi connectivity index (χ3n) is 3.09. The van der Waals surface area contributed by atoms with Gasteiger partial charge in [0.15, 0.2) is 0 Å². The molecular weight excluding hydrogens is 367 g/mol. The standard InChI is InChI=1S/C15H25N2O6PS/c1-4-7-12-16-15(18)17-25(20,21)14-11-9-8-10-13(14)24(19,22-5-2)23-6-3/h8-11H,4-7,12H2,1-3H3,(H2,16,17,18). The first kappa shape index (κ1) is 21.6. The number of carbonyl (C=O) groups excluding carboxylic acids is 1. The van der Waals surface area contributed by atoms with Crippen molar-refractivity contribution in [3.63, 3.8) is 0 Å². The van der Waals surface area contributed by atoms with Gasteiger partial charge in [-0.2, -0.15) is 0 Å². The summed E-state index contributed by atoms with van der Waals surface area (Å²) in [5, 5.41) is 2.35. The van der Waals surface area contributed by atoms with Crippen LogP contribution in [0.1, 0.15) is 33.6 Å². The summed E-state index contributed by atoms with van der Waals surface area (Å²) in [6.07, 6.45) is 1.59. The van der Waals surface area contributed by atoms with E-state index in [4.69, 9.17) is 9.05 Å². The lowest BCUT2D eigenvalue weighted by molar-refractivity contribution is 0.229. The Morgan fingerprint density at radius 2 is 1.72 bits per heavy atom. The number of unbranched alkanes of at least 4 members (excludes halogenated alkanes) is 1. The highest BCUT2D eigenvalue weighted by atomic mass is 32.2. The van der Waals surface area contributed by atoms with Crippen LogP contribution < -0.4 is 15.3 Å². The van der Waals surface area contributed by atoms with Crippen LogP contribution in [0.2, 0.25) is 0 Å². The molecule has 1 rings (SSSR count). The average molecular weight is 392 g/mol. The fraction of sp³-hybridized carbons (Fsp3) is 0.533. The third-order valence-corrected chi connectivity index (χ3v) is 6.81. The Bertz CT molecular complexity index is 712. The second kappa shape index (κ2) is 9.91. The van der Waals surface area contributed by atoms with Crippen molar-refractivity contribution >= 4 is 29.0 Å². The van der Waals surface area contributed by atoms with Gasteiger partial charge in [0.1, 0.15) is 4.90 Å². The summed E-state index contributed by atoms with van der Waals surface area (Å²) in [6.45, 7) is 5.72. The van der Waals surface area contributed by atoms with Crippen LogP contribution in [-0.4, -0.2) is 34.2 Å². The Morgan fingerprint density at radius 1 is 1.12 bits per heavy atom. The molecule has 0 saturated heterocycles. The molecule has 2 N–H and O–H groups in total. The molecule has 0 saturated carbocycles. The van der Waals surface area contributed by atoms with Gasteiger partial charge in [0.2, 0.25) is 0 Å². The number of sulfonamides is 1. The molecule has 0 bridgehead atoms. The number of amides is 2. The van der Waals surface area contributed by atoms with Gasteiger partial charge in [0.25, 0.3) is 10.0 Å². The fourth-order valence-corrected chi connectivity index (χ4v) is 5.39. The molecule has 0 fully saturated rings. The number of rotatable bonds is 10. The number of carbonyl (C=O) groups is 1. The van der Waals surface area contributed by atoms with E-state index in [1.54, 1.807) is 13.8 Å². The van der Waals surface area contributed by atoms with Gasteiger partial charge in [0, 0.05) is 6.54 Å². The van der Waals surface area contributed by atoms with Crippen molar-refractivity contribution in [3.05, 3.63) is 24.3 Å². The normalized spacial score (nSPS) is 12.0. The van der Waals surface area contributed by atoms with Crippen LogP contribution in [0.5, 0.6) is 0 Å². The van der Waals surface area contributed by atoms with E-state index in [-0.39, 0.29) is 23.4 Å². The van der Waals surface area contributed by atoms with Gasteiger partial charge in [-0.1, -0.05) is 25.5 Å². The molecule has 0 aromatic heterocycles. The van der Waals surface area contributed by atoms with Crippen LogP contribution in [0.3, 0.4) is 0 Å². The van der Waals surface area contributed by atoms with Gasteiger partial charge in [-0.15, -0.1) is 0 Å². The second-order valence-electron chi connectivity index (χ2n) is 5.02. The molecule has 8 nitrogen and oxygen atoms in total. The first-order valence-electron chi connectivity index (χ1n) is 8.10. The lowest BCUT2D eigenvalue weighted by Crippen LogP contribution is -2.41. The molecule has 25 heavy (non-hydrogen) atoms. The number of nitrogens with one attached hydrogen (secondary N) is 2. The highest BCUT2D eigenvalue weighted by Crippen LogP contribution is 2.48. The SMILES string of the molecule is CCCCNC(=O)NS(=O)(=O)c1ccccc1P(=O)(OCC)OCC. The van der Waals surface area contributed by atoms with E-state index in [1.165, 1.54) is 24.3 Å². The van der Waals surface area contributed by atoms with E-state index in [0.29, 0.717) is 6.54 Å². The number of hydrogen-bond acceptors (Lipinski definition) is 6. The van der Waals surface area contributed by atoms with E-state index in [1.807, 2.05) is 11.6 Å². The summed E-state index contributed by atoms with van der Waals surface area (Å²) in [4.78, 5) is 11.5. The van der Waals surface area contributed by atoms with Crippen LogP contribution >= 0.6 is 7.60 Å². The van der Waals surface area contributed by atoms with Crippen LogP contribution in [0.15, 0.2) is 29.2 Å². The molecule has 0 unspecified atom stereocenters. The van der Waals surface area contributed by atoms with E-state index >= 15 is 0 Å². The quantitative estimate of drug-likeness (QED) is 0.467. The second-order valence-corrected chi connectivity index (χ2v) is 8.66. The molecule has 0 aliphatic rings. The first-order chi connectivity index (χ1) is 11.8. The molecule has 1 aromatic carbocycles. The predicted molar refractivity (Wildman–Crippen MR) is 95.6 cm³/mol. The number of benzene rings is 1. The van der Waals surface area contributed by atoms with Gasteiger partial charge in [0.05, 0.1) is 18.5 Å². The van der Waals surface area contributed by atoms with Crippen molar-refractivity contribution in [2.24, 2.45) is 0 Å². The average Bonchev–Trinajstić information content (AvgIpc) is 2.55. The summed E-state index contributed by atoms with van der Waals surface area (Å²) in [7, 11) is -8.07. The van der Waals surface area contributed by atoms with Gasteiger partial charge in [-0.3, -0.25) is 4.57 Å². The number of hydrogen-bond donors (Lipinski definition) is 2. The van der Waals surface area contributed by atoms with Gasteiger partial charge in [-0.05, 0) is 32.4 Å². The van der Waals surface area contributed by atoms with Crippen molar-refractivity contribution in [3.8, 4) is 0 Å². The first-order valence-corrected chi connectivity index (χ1v) is 11.1. The Labute approximate surface area is 148 Å². The van der Waals surface area contributed by atoms with Crippen LogP contribution in [0.25, 0.3) is 0 Å². The topological polar surface area (TPSA) is 111 Å². The van der Waals surface area contributed by atoms with Crippen molar-refractivity contribution in [1.82, 2.24) is 10.0 Å². The highest BCUT2D eigenvalue weighted by Gasteiger charge is 2.34. The van der Waals surface area contributed by atoms with Crippen LogP contribution in [0.4, 0.5) is 4.79 Å². The fourth-order valence-electron chi connectivity index (χ4n) is 2.02. The third kappa shape index (κ3) is 6.11. The molecule has 0 aliphatic heterocycles. The maximum atomic E-state index is 12.9. The minimum Gasteiger partial charge on any atom is -0.337 e. The van der Waals surface area contributed by atoms with Crippen molar-refractivity contribution in [2.75, 3.05) is 19.8 Å². The minimum atomic E-state index is -4.24. The van der Waals surface area contributed by atoms with Gasteiger partial charge >= 0.3 is 13.6 Å². The summed E-state index contributed by atoms with van der Waals surface area (Å²) in [5.41, 5.74) is 0. The molecule has 0 spiro atoms. The molecule has 0 aliphatic carbocycles. The summed E-state index contributed by atoms with van der Waals surface area (Å²) >= 11 is 0. The summed E-state index contributed by atoms with van der Waals surface area (Å²) in [5.74, 6) is 0. The van der Waals surface area contributed by atoms with Gasteiger partial charge in [-0.25, -0.2) is 17.9 Å². The highest BCUT2D eigenvalue weighted by molar-refractivity contribution is 7.90. The maximum Gasteiger partial charge on any atom is 0.362 e. The number of urea groups is 1. The zero-order valence-corrected chi connectivity index (χ0v) is 16.4. The monoisotopic (exact) mass is 392 g/mol. The van der Waals surface area contributed by atoms with E-state index < -0.39 is 23.7 Å². The molecular formula is C15H25N2O6PS. The summed E-state index contributed by atoms with van der Waals surface area (Å²) in [6, 6.07) is 4.76. The molecule has 10 heteroatoms. The molecule has 0 atom stereocenters. The largest absolute Gasteiger partial charge is 0.362 e. The predicted octanol–water partition coefficient (Wildman–Crippen LogP) is 2.37. The maximum absolute atomic E-state index is 12.9. The van der Waals surface area contributed by atoms with Crippen molar-refractivity contribution in [1.29, 1.82) is 0 Å². The Hall–Kier alpha value is -1.41. The molecule has 0 heterocycles. The van der Waals surface area contributed by atoms with E-state index in [2.05, 4.69) is 5.32 Å². The van der Waals surface area contributed by atoms with Crippen molar-refractivity contribution in [2.45, 2.75) is 38.5 Å². The minimum absolute atomic E-state index is 0.0800. The van der Waals surface area contributed by atoms with Crippen LogP contribution in [-0.2, 0) is 23.6 Å². The van der Waals surface area contributed by atoms with Crippen molar-refractivity contribution < 1.29 is 26.8 Å².